The monoisotopic (exact) mass is 534 g/mol. The number of carbonyl (C=O) groups excluding carboxylic acids is 2. The highest BCUT2D eigenvalue weighted by Gasteiger charge is 2.54. The number of thiazole rings is 1. The third kappa shape index (κ3) is 6.24. The Balaban J connectivity index is 1.50. The number of nitrogens with one attached hydrogen (secondary N) is 1. The second-order valence-electron chi connectivity index (χ2n) is 9.13. The summed E-state index contributed by atoms with van der Waals surface area (Å²) in [4.78, 5) is 49.9. The van der Waals surface area contributed by atoms with Gasteiger partial charge in [0.05, 0.1) is 0 Å². The van der Waals surface area contributed by atoms with Gasteiger partial charge in [-0.05, 0) is 24.1 Å². The predicted octanol–water partition coefficient (Wildman–Crippen LogP) is 5.34. The number of carboxylic acids is 1. The number of allylic oxidation sites excluding steroid dienone is 1. The maximum atomic E-state index is 13.6. The minimum Gasteiger partial charge on any atom is -0.476 e. The number of quaternary nitrogens is 1. The van der Waals surface area contributed by atoms with Crippen LogP contribution in [0.4, 0.5) is 5.13 Å². The topological polar surface area (TPSA) is 106 Å². The van der Waals surface area contributed by atoms with Gasteiger partial charge in [-0.25, -0.2) is 14.6 Å². The molecule has 0 fully saturated rings. The number of aromatic nitrogens is 1. The van der Waals surface area contributed by atoms with E-state index in [1.807, 2.05) is 18.2 Å². The molecule has 0 saturated heterocycles. The maximum absolute atomic E-state index is 13.6. The molecule has 38 heavy (non-hydrogen) atoms. The first-order valence-electron chi connectivity index (χ1n) is 12.8. The zero-order valence-electron chi connectivity index (χ0n) is 21.3. The summed E-state index contributed by atoms with van der Waals surface area (Å²) in [7, 11) is 0. The van der Waals surface area contributed by atoms with Crippen LogP contribution in [-0.4, -0.2) is 45.7 Å². The number of hydrogen-bond acceptors (Lipinski definition) is 6. The Labute approximate surface area is 226 Å². The molecule has 0 bridgehead atoms. The van der Waals surface area contributed by atoms with Gasteiger partial charge in [-0.1, -0.05) is 73.0 Å². The van der Waals surface area contributed by atoms with Gasteiger partial charge in [0.15, 0.2) is 5.13 Å². The van der Waals surface area contributed by atoms with Crippen LogP contribution in [0.5, 0.6) is 0 Å². The van der Waals surface area contributed by atoms with Crippen molar-refractivity contribution in [3.63, 3.8) is 0 Å². The number of aliphatic carboxylic acids is 1. The molecule has 0 saturated carbocycles. The third-order valence-corrected chi connectivity index (χ3v) is 7.52. The normalized spacial score (nSPS) is 18.7. The van der Waals surface area contributed by atoms with Crippen LogP contribution in [-0.2, 0) is 27.3 Å². The Morgan fingerprint density at radius 3 is 2.68 bits per heavy atom. The molecule has 2 aromatic carbocycles. The Morgan fingerprint density at radius 2 is 1.92 bits per heavy atom. The predicted molar refractivity (Wildman–Crippen MR) is 145 cm³/mol. The van der Waals surface area contributed by atoms with Gasteiger partial charge in [-0.3, -0.25) is 10.1 Å². The number of carboxylic acid groups (broad SMARTS) is 1. The second-order valence-corrected chi connectivity index (χ2v) is 10.2. The van der Waals surface area contributed by atoms with Gasteiger partial charge in [-0.2, -0.15) is 4.84 Å². The van der Waals surface area contributed by atoms with E-state index >= 15 is 0 Å². The molecule has 9 heteroatoms. The lowest BCUT2D eigenvalue weighted by atomic mass is 9.91. The van der Waals surface area contributed by atoms with Crippen molar-refractivity contribution in [2.24, 2.45) is 0 Å². The Hall–Kier alpha value is -3.66. The molecule has 1 aromatic heterocycles. The molecule has 8 nitrogen and oxygen atoms in total. The molecule has 2 amide bonds. The first-order chi connectivity index (χ1) is 18.4. The molecule has 1 aliphatic rings. The summed E-state index contributed by atoms with van der Waals surface area (Å²) in [5.74, 6) is -1.72. The highest BCUT2D eigenvalue weighted by Crippen LogP contribution is 2.38. The summed E-state index contributed by atoms with van der Waals surface area (Å²) in [5, 5.41) is 13.5. The fourth-order valence-corrected chi connectivity index (χ4v) is 5.39. The van der Waals surface area contributed by atoms with E-state index in [1.165, 1.54) is 17.4 Å². The summed E-state index contributed by atoms with van der Waals surface area (Å²) >= 11 is 1.32. The Morgan fingerprint density at radius 1 is 1.16 bits per heavy atom. The number of benzene rings is 2. The molecule has 3 aromatic rings. The van der Waals surface area contributed by atoms with Gasteiger partial charge in [0.2, 0.25) is 6.04 Å². The van der Waals surface area contributed by atoms with E-state index in [9.17, 15) is 19.5 Å². The van der Waals surface area contributed by atoms with E-state index in [2.05, 4.69) is 17.2 Å². The first kappa shape index (κ1) is 27.4. The first-order valence-corrected chi connectivity index (χ1v) is 13.6. The molecule has 198 valence electrons. The average molecular weight is 535 g/mol. The van der Waals surface area contributed by atoms with E-state index in [0.717, 1.165) is 29.7 Å². The van der Waals surface area contributed by atoms with Gasteiger partial charge in [0.25, 0.3) is 5.91 Å². The molecular formula is C29H32N3O5S+. The smallest absolute Gasteiger partial charge is 0.371 e. The van der Waals surface area contributed by atoms with E-state index in [0.29, 0.717) is 29.1 Å². The second kappa shape index (κ2) is 12.7. The van der Waals surface area contributed by atoms with Crippen LogP contribution in [0.25, 0.3) is 0 Å². The summed E-state index contributed by atoms with van der Waals surface area (Å²) in [6, 6.07) is 15.1. The van der Waals surface area contributed by atoms with Gasteiger partial charge < -0.3 is 5.11 Å². The summed E-state index contributed by atoms with van der Waals surface area (Å²) in [6.07, 6.45) is 8.58. The highest BCUT2D eigenvalue weighted by molar-refractivity contribution is 7.15. The van der Waals surface area contributed by atoms with Gasteiger partial charge in [0.1, 0.15) is 13.2 Å². The number of carbonyl (C=O) groups is 3. The van der Waals surface area contributed by atoms with Crippen LogP contribution in [0.1, 0.15) is 58.6 Å². The van der Waals surface area contributed by atoms with Crippen LogP contribution < -0.4 is 5.32 Å². The van der Waals surface area contributed by atoms with Crippen molar-refractivity contribution in [2.45, 2.75) is 45.1 Å². The van der Waals surface area contributed by atoms with Crippen molar-refractivity contribution in [1.29, 1.82) is 0 Å². The van der Waals surface area contributed by atoms with E-state index in [1.54, 1.807) is 48.7 Å². The standard InChI is InChI=1S/C29H31N3O5S/c1-2-3-4-8-15-25(33)32(18-16-21-11-9-10-14-24(21)26(32)28(35)36)37-19-17-23-20-30-29(38-23)31-27(34)22-12-6-5-7-13-22/h5-15,20,26H,2-4,16-19H2,1H3,(H-,30,31,34,35,36)/p+1. The molecule has 0 spiro atoms. The largest absolute Gasteiger partial charge is 0.476 e. The molecular weight excluding hydrogens is 502 g/mol. The van der Waals surface area contributed by atoms with Crippen LogP contribution in [0.3, 0.4) is 0 Å². The number of hydroxylamine groups is 3. The van der Waals surface area contributed by atoms with Crippen molar-refractivity contribution in [3.8, 4) is 0 Å². The molecule has 0 aliphatic carbocycles. The van der Waals surface area contributed by atoms with Crippen molar-refractivity contribution < 1.29 is 29.0 Å². The number of nitrogens with zero attached hydrogens (tertiary/aromatic N) is 2. The van der Waals surface area contributed by atoms with Gasteiger partial charge in [0, 0.05) is 41.1 Å². The van der Waals surface area contributed by atoms with E-state index in [4.69, 9.17) is 4.84 Å². The molecule has 2 atom stereocenters. The zero-order chi connectivity index (χ0) is 27.0. The molecule has 2 unspecified atom stereocenters. The number of fused-ring (bicyclic) bond motifs is 1. The lowest BCUT2D eigenvalue weighted by Gasteiger charge is -2.40. The van der Waals surface area contributed by atoms with Crippen LogP contribution in [0.15, 0.2) is 72.9 Å². The van der Waals surface area contributed by atoms with Crippen LogP contribution >= 0.6 is 11.3 Å². The minimum atomic E-state index is -1.16. The summed E-state index contributed by atoms with van der Waals surface area (Å²) in [5.41, 5.74) is 2.06. The maximum Gasteiger partial charge on any atom is 0.371 e. The molecule has 1 aliphatic heterocycles. The van der Waals surface area contributed by atoms with Crippen molar-refractivity contribution >= 4 is 34.3 Å². The summed E-state index contributed by atoms with van der Waals surface area (Å²) < 4.78 is -0.620. The lowest BCUT2D eigenvalue weighted by Crippen LogP contribution is -2.59. The number of hydrogen-bond donors (Lipinski definition) is 2. The van der Waals surface area contributed by atoms with Crippen molar-refractivity contribution in [2.75, 3.05) is 18.5 Å². The van der Waals surface area contributed by atoms with Crippen molar-refractivity contribution in [3.05, 3.63) is 94.5 Å². The van der Waals surface area contributed by atoms with E-state index in [-0.39, 0.29) is 25.0 Å². The molecule has 2 N–H and O–H groups in total. The SMILES string of the molecule is CCCCC=CC(=O)[N+]1(OCCc2cnc(NC(=O)c3ccccc3)s2)CCc2ccccc2C1C(=O)O. The van der Waals surface area contributed by atoms with Gasteiger partial charge >= 0.3 is 11.9 Å². The molecule has 0 radical (unpaired) electrons. The fraction of sp³-hybridized carbons (Fsp3) is 0.310. The number of unbranched alkanes of at least 4 members (excludes halogenated alkanes) is 2. The van der Waals surface area contributed by atoms with Crippen molar-refractivity contribution in [1.82, 2.24) is 4.98 Å². The minimum absolute atomic E-state index is 0.120. The Kier molecular flexibility index (Phi) is 9.17. The van der Waals surface area contributed by atoms with Crippen LogP contribution in [0, 0.1) is 0 Å². The number of amides is 2. The molecule has 2 heterocycles. The number of anilines is 1. The third-order valence-electron chi connectivity index (χ3n) is 6.55. The fourth-order valence-electron chi connectivity index (χ4n) is 4.60. The highest BCUT2D eigenvalue weighted by atomic mass is 32.1. The zero-order valence-corrected chi connectivity index (χ0v) is 22.2. The quantitative estimate of drug-likeness (QED) is 0.195. The van der Waals surface area contributed by atoms with Crippen LogP contribution in [0.2, 0.25) is 0 Å². The Bertz CT molecular complexity index is 1310. The molecule has 4 rings (SSSR count). The van der Waals surface area contributed by atoms with E-state index < -0.39 is 16.7 Å². The number of rotatable bonds is 11. The summed E-state index contributed by atoms with van der Waals surface area (Å²) in [6.45, 7) is 2.42. The van der Waals surface area contributed by atoms with Gasteiger partial charge in [-0.15, -0.1) is 11.3 Å². The lowest BCUT2D eigenvalue weighted by molar-refractivity contribution is -1.06. The average Bonchev–Trinajstić information content (AvgIpc) is 3.37.